The van der Waals surface area contributed by atoms with E-state index in [2.05, 4.69) is 215 Å². The first-order chi connectivity index (χ1) is 28.3. The Labute approximate surface area is 331 Å². The number of para-hydroxylation sites is 2. The van der Waals surface area contributed by atoms with Gasteiger partial charge in [-0.25, -0.2) is 0 Å². The molecule has 0 saturated carbocycles. The summed E-state index contributed by atoms with van der Waals surface area (Å²) >= 11 is 0. The zero-order valence-corrected chi connectivity index (χ0v) is 31.2. The minimum absolute atomic E-state index is 0.919. The summed E-state index contributed by atoms with van der Waals surface area (Å²) in [7, 11) is 0. The van der Waals surface area contributed by atoms with Crippen molar-refractivity contribution >= 4 is 43.6 Å². The molecule has 0 aliphatic heterocycles. The number of benzene rings is 9. The molecular formula is C55H36N2. The maximum atomic E-state index is 2.47. The van der Waals surface area contributed by atoms with E-state index < -0.39 is 0 Å². The van der Waals surface area contributed by atoms with E-state index in [4.69, 9.17) is 0 Å². The van der Waals surface area contributed by atoms with Crippen LogP contribution in [-0.2, 0) is 6.42 Å². The van der Waals surface area contributed by atoms with Gasteiger partial charge in [0, 0.05) is 32.9 Å². The molecule has 0 radical (unpaired) electrons. The van der Waals surface area contributed by atoms with E-state index in [0.29, 0.717) is 0 Å². The second-order valence-electron chi connectivity index (χ2n) is 15.2. The summed E-state index contributed by atoms with van der Waals surface area (Å²) in [4.78, 5) is 0. The standard InChI is InChI=1S/C55H36N2/c1-3-14-36(15-4-1)37-28-30-40(31-29-37)56-50-26-9-7-20-46(50)54-52(56)32-33-53-55(54)47-21-8-10-27-51(47)57(53)41-19-11-18-39(34-41)43-23-13-25-45-44-24-12-22-42(48(44)35-49(43)45)38-16-5-2-6-17-38/h1-34H,35H2. The highest BCUT2D eigenvalue weighted by Crippen LogP contribution is 2.46. The first-order valence-corrected chi connectivity index (χ1v) is 19.8. The Morgan fingerprint density at radius 1 is 0.281 bits per heavy atom. The van der Waals surface area contributed by atoms with Gasteiger partial charge in [0.25, 0.3) is 0 Å². The van der Waals surface area contributed by atoms with Crippen molar-refractivity contribution in [2.24, 2.45) is 0 Å². The van der Waals surface area contributed by atoms with E-state index in [0.717, 1.165) is 17.8 Å². The molecule has 0 spiro atoms. The fourth-order valence-electron chi connectivity index (χ4n) is 9.72. The van der Waals surface area contributed by atoms with Gasteiger partial charge in [0.2, 0.25) is 0 Å². The van der Waals surface area contributed by atoms with Crippen LogP contribution in [0.25, 0.3) is 99.5 Å². The molecule has 0 amide bonds. The van der Waals surface area contributed by atoms with Crippen molar-refractivity contribution in [2.45, 2.75) is 6.42 Å². The molecule has 0 atom stereocenters. The van der Waals surface area contributed by atoms with Gasteiger partial charge in [0.05, 0.1) is 22.1 Å². The molecule has 2 heteroatoms. The summed E-state index contributed by atoms with van der Waals surface area (Å²) in [6.07, 6.45) is 0.919. The Balaban J connectivity index is 1.03. The van der Waals surface area contributed by atoms with Crippen molar-refractivity contribution in [3.8, 4) is 55.9 Å². The summed E-state index contributed by atoms with van der Waals surface area (Å²) in [5.74, 6) is 0. The fourth-order valence-corrected chi connectivity index (χ4v) is 9.72. The fraction of sp³-hybridized carbons (Fsp3) is 0.0182. The van der Waals surface area contributed by atoms with Crippen LogP contribution in [0.15, 0.2) is 206 Å². The van der Waals surface area contributed by atoms with Gasteiger partial charge in [0.15, 0.2) is 0 Å². The van der Waals surface area contributed by atoms with Crippen LogP contribution in [0.4, 0.5) is 0 Å². The largest absolute Gasteiger partial charge is 0.309 e. The average Bonchev–Trinajstić information content (AvgIpc) is 3.95. The molecule has 12 rings (SSSR count). The zero-order valence-electron chi connectivity index (χ0n) is 31.2. The molecule has 0 unspecified atom stereocenters. The van der Waals surface area contributed by atoms with Crippen LogP contribution in [-0.4, -0.2) is 9.13 Å². The maximum Gasteiger partial charge on any atom is 0.0548 e. The third kappa shape index (κ3) is 4.84. The summed E-state index contributed by atoms with van der Waals surface area (Å²) < 4.78 is 4.91. The lowest BCUT2D eigenvalue weighted by Crippen LogP contribution is -1.96. The normalized spacial score (nSPS) is 12.1. The van der Waals surface area contributed by atoms with E-state index >= 15 is 0 Å². The summed E-state index contributed by atoms with van der Waals surface area (Å²) in [6.45, 7) is 0. The highest BCUT2D eigenvalue weighted by molar-refractivity contribution is 6.29. The van der Waals surface area contributed by atoms with E-state index in [1.54, 1.807) is 0 Å². The Morgan fingerprint density at radius 3 is 1.35 bits per heavy atom. The number of hydrogen-bond acceptors (Lipinski definition) is 0. The number of hydrogen-bond donors (Lipinski definition) is 0. The summed E-state index contributed by atoms with van der Waals surface area (Å²) in [5.41, 5.74) is 20.2. The smallest absolute Gasteiger partial charge is 0.0548 e. The highest BCUT2D eigenvalue weighted by Gasteiger charge is 2.25. The molecule has 1 aliphatic rings. The van der Waals surface area contributed by atoms with Gasteiger partial charge in [0.1, 0.15) is 0 Å². The quantitative estimate of drug-likeness (QED) is 0.167. The second kappa shape index (κ2) is 12.6. The van der Waals surface area contributed by atoms with Gasteiger partial charge in [-0.05, 0) is 111 Å². The lowest BCUT2D eigenvalue weighted by atomic mass is 9.95. The molecule has 0 N–H and O–H groups in total. The molecule has 9 aromatic carbocycles. The molecule has 2 aromatic heterocycles. The molecule has 266 valence electrons. The van der Waals surface area contributed by atoms with E-state index in [1.807, 2.05) is 0 Å². The van der Waals surface area contributed by atoms with Crippen LogP contribution >= 0.6 is 0 Å². The maximum absolute atomic E-state index is 2.47. The van der Waals surface area contributed by atoms with Crippen LogP contribution in [0, 0.1) is 0 Å². The van der Waals surface area contributed by atoms with Gasteiger partial charge in [-0.15, -0.1) is 0 Å². The zero-order chi connectivity index (χ0) is 37.5. The van der Waals surface area contributed by atoms with Crippen molar-refractivity contribution in [1.29, 1.82) is 0 Å². The number of aromatic nitrogens is 2. The van der Waals surface area contributed by atoms with Crippen molar-refractivity contribution in [3.05, 3.63) is 217 Å². The van der Waals surface area contributed by atoms with Gasteiger partial charge < -0.3 is 9.13 Å². The number of fused-ring (bicyclic) bond motifs is 10. The van der Waals surface area contributed by atoms with Crippen LogP contribution in [0.2, 0.25) is 0 Å². The van der Waals surface area contributed by atoms with Gasteiger partial charge in [-0.3, -0.25) is 0 Å². The molecule has 2 heterocycles. The molecule has 0 fully saturated rings. The van der Waals surface area contributed by atoms with E-state index in [-0.39, 0.29) is 0 Å². The topological polar surface area (TPSA) is 9.86 Å². The molecule has 1 aliphatic carbocycles. The van der Waals surface area contributed by atoms with Crippen LogP contribution in [0.3, 0.4) is 0 Å². The van der Waals surface area contributed by atoms with Crippen molar-refractivity contribution < 1.29 is 0 Å². The summed E-state index contributed by atoms with van der Waals surface area (Å²) in [5, 5.41) is 5.09. The first kappa shape index (κ1) is 31.9. The lowest BCUT2D eigenvalue weighted by molar-refractivity contribution is 1.17. The number of nitrogens with zero attached hydrogens (tertiary/aromatic N) is 2. The van der Waals surface area contributed by atoms with Crippen LogP contribution in [0.1, 0.15) is 11.1 Å². The van der Waals surface area contributed by atoms with E-state index in [9.17, 15) is 0 Å². The highest BCUT2D eigenvalue weighted by atomic mass is 15.0. The Kier molecular flexibility index (Phi) is 7.02. The van der Waals surface area contributed by atoms with Crippen LogP contribution < -0.4 is 0 Å². The third-order valence-corrected chi connectivity index (χ3v) is 12.2. The monoisotopic (exact) mass is 724 g/mol. The SMILES string of the molecule is c1ccc(-c2ccc(-n3c4ccccc4c4c5c6ccccc6n(-c6cccc(-c7cccc8c7Cc7c(-c9ccccc9)cccc7-8)c6)c5ccc43)cc2)cc1. The average molecular weight is 725 g/mol. The molecule has 0 saturated heterocycles. The molecule has 0 bridgehead atoms. The Bertz CT molecular complexity index is 3350. The predicted octanol–water partition coefficient (Wildman–Crippen LogP) is 14.5. The molecule has 2 nitrogen and oxygen atoms in total. The molecule has 57 heavy (non-hydrogen) atoms. The van der Waals surface area contributed by atoms with Crippen molar-refractivity contribution in [2.75, 3.05) is 0 Å². The molecule has 11 aromatic rings. The second-order valence-corrected chi connectivity index (χ2v) is 15.2. The van der Waals surface area contributed by atoms with E-state index in [1.165, 1.54) is 99.2 Å². The Hall–Kier alpha value is -7.42. The van der Waals surface area contributed by atoms with Crippen molar-refractivity contribution in [3.63, 3.8) is 0 Å². The van der Waals surface area contributed by atoms with Crippen molar-refractivity contribution in [1.82, 2.24) is 9.13 Å². The number of rotatable bonds is 5. The summed E-state index contributed by atoms with van der Waals surface area (Å²) in [6, 6.07) is 75.7. The lowest BCUT2D eigenvalue weighted by Gasteiger charge is -2.13. The third-order valence-electron chi connectivity index (χ3n) is 12.2. The van der Waals surface area contributed by atoms with Crippen LogP contribution in [0.5, 0.6) is 0 Å². The minimum atomic E-state index is 0.919. The van der Waals surface area contributed by atoms with Gasteiger partial charge >= 0.3 is 0 Å². The van der Waals surface area contributed by atoms with Gasteiger partial charge in [-0.2, -0.15) is 0 Å². The predicted molar refractivity (Wildman–Crippen MR) is 240 cm³/mol. The minimum Gasteiger partial charge on any atom is -0.309 e. The van der Waals surface area contributed by atoms with Gasteiger partial charge in [-0.1, -0.05) is 158 Å². The molecular weight excluding hydrogens is 689 g/mol. The Morgan fingerprint density at radius 2 is 0.737 bits per heavy atom. The first-order valence-electron chi connectivity index (χ1n) is 19.8.